The molecule has 4 rings (SSSR count). The monoisotopic (exact) mass is 391 g/mol. The van der Waals surface area contributed by atoms with E-state index in [1.165, 1.54) is 0 Å². The standard InChI is InChI=1S/C23H25N3O3/c1-18-15-22(29-24-18)16-25-11-13-26(14-12-25)23(27)20-9-7-19(8-10-20)17-28-21-5-3-2-4-6-21/h2-10,15H,11-14,16-17H2,1H3. The highest BCUT2D eigenvalue weighted by molar-refractivity contribution is 5.94. The van der Waals surface area contributed by atoms with E-state index in [1.807, 2.05) is 72.5 Å². The van der Waals surface area contributed by atoms with Crippen LogP contribution in [0.1, 0.15) is 27.4 Å². The molecule has 2 aromatic carbocycles. The van der Waals surface area contributed by atoms with Crippen molar-refractivity contribution in [1.82, 2.24) is 15.0 Å². The molecule has 0 aliphatic carbocycles. The zero-order valence-corrected chi connectivity index (χ0v) is 16.6. The Hall–Kier alpha value is -3.12. The number of rotatable bonds is 6. The van der Waals surface area contributed by atoms with Gasteiger partial charge in [0, 0.05) is 37.8 Å². The first-order chi connectivity index (χ1) is 14.2. The van der Waals surface area contributed by atoms with Crippen LogP contribution in [-0.4, -0.2) is 47.0 Å². The van der Waals surface area contributed by atoms with Gasteiger partial charge < -0.3 is 14.2 Å². The zero-order valence-electron chi connectivity index (χ0n) is 16.6. The molecule has 6 heteroatoms. The topological polar surface area (TPSA) is 58.8 Å². The third kappa shape index (κ3) is 5.03. The summed E-state index contributed by atoms with van der Waals surface area (Å²) in [6, 6.07) is 19.4. The van der Waals surface area contributed by atoms with E-state index < -0.39 is 0 Å². The summed E-state index contributed by atoms with van der Waals surface area (Å²) in [5.74, 6) is 1.79. The van der Waals surface area contributed by atoms with E-state index in [4.69, 9.17) is 9.26 Å². The van der Waals surface area contributed by atoms with Crippen molar-refractivity contribution in [1.29, 1.82) is 0 Å². The van der Waals surface area contributed by atoms with E-state index in [1.54, 1.807) is 0 Å². The van der Waals surface area contributed by atoms with Crippen molar-refractivity contribution < 1.29 is 14.1 Å². The molecule has 0 atom stereocenters. The van der Waals surface area contributed by atoms with Gasteiger partial charge in [-0.1, -0.05) is 35.5 Å². The lowest BCUT2D eigenvalue weighted by atomic mass is 10.1. The van der Waals surface area contributed by atoms with Crippen molar-refractivity contribution in [2.24, 2.45) is 0 Å². The van der Waals surface area contributed by atoms with Crippen LogP contribution in [0.4, 0.5) is 0 Å². The smallest absolute Gasteiger partial charge is 0.253 e. The molecule has 3 aromatic rings. The normalized spacial score (nSPS) is 14.7. The summed E-state index contributed by atoms with van der Waals surface area (Å²) in [7, 11) is 0. The van der Waals surface area contributed by atoms with E-state index in [-0.39, 0.29) is 5.91 Å². The number of para-hydroxylation sites is 1. The molecule has 0 saturated carbocycles. The highest BCUT2D eigenvalue weighted by atomic mass is 16.5. The molecule has 0 N–H and O–H groups in total. The van der Waals surface area contributed by atoms with Crippen LogP contribution in [0.2, 0.25) is 0 Å². The Morgan fingerprint density at radius 1 is 1.03 bits per heavy atom. The predicted octanol–water partition coefficient (Wildman–Crippen LogP) is 3.52. The van der Waals surface area contributed by atoms with Gasteiger partial charge in [0.25, 0.3) is 5.91 Å². The maximum absolute atomic E-state index is 12.8. The van der Waals surface area contributed by atoms with Crippen LogP contribution in [-0.2, 0) is 13.2 Å². The van der Waals surface area contributed by atoms with E-state index in [2.05, 4.69) is 10.1 Å². The quantitative estimate of drug-likeness (QED) is 0.643. The van der Waals surface area contributed by atoms with Crippen LogP contribution in [0.5, 0.6) is 5.75 Å². The van der Waals surface area contributed by atoms with Crippen LogP contribution in [0, 0.1) is 6.92 Å². The molecular formula is C23H25N3O3. The number of ether oxygens (including phenoxy) is 1. The van der Waals surface area contributed by atoms with Gasteiger partial charge in [0.1, 0.15) is 12.4 Å². The van der Waals surface area contributed by atoms with Crippen LogP contribution < -0.4 is 4.74 Å². The number of amides is 1. The molecule has 0 radical (unpaired) electrons. The summed E-state index contributed by atoms with van der Waals surface area (Å²) in [6.07, 6.45) is 0. The van der Waals surface area contributed by atoms with Gasteiger partial charge in [0.15, 0.2) is 5.76 Å². The number of carbonyl (C=O) groups excluding carboxylic acids is 1. The minimum Gasteiger partial charge on any atom is -0.489 e. The third-order valence-electron chi connectivity index (χ3n) is 5.07. The highest BCUT2D eigenvalue weighted by Crippen LogP contribution is 2.15. The molecule has 1 saturated heterocycles. The summed E-state index contributed by atoms with van der Waals surface area (Å²) in [4.78, 5) is 17.0. The minimum absolute atomic E-state index is 0.0793. The zero-order chi connectivity index (χ0) is 20.1. The molecular weight excluding hydrogens is 366 g/mol. The molecule has 0 unspecified atom stereocenters. The van der Waals surface area contributed by atoms with Crippen molar-refractivity contribution in [3.05, 3.63) is 83.2 Å². The van der Waals surface area contributed by atoms with Gasteiger partial charge >= 0.3 is 0 Å². The second kappa shape index (κ2) is 8.92. The molecule has 6 nitrogen and oxygen atoms in total. The molecule has 150 valence electrons. The van der Waals surface area contributed by atoms with Gasteiger partial charge in [0.2, 0.25) is 0 Å². The average Bonchev–Trinajstić information content (AvgIpc) is 3.18. The highest BCUT2D eigenvalue weighted by Gasteiger charge is 2.22. The Kier molecular flexibility index (Phi) is 5.91. The van der Waals surface area contributed by atoms with Gasteiger partial charge in [0.05, 0.1) is 12.2 Å². The first-order valence-corrected chi connectivity index (χ1v) is 9.88. The number of aromatic nitrogens is 1. The van der Waals surface area contributed by atoms with Crippen LogP contribution in [0.15, 0.2) is 65.2 Å². The number of benzene rings is 2. The van der Waals surface area contributed by atoms with Crippen molar-refractivity contribution in [3.8, 4) is 5.75 Å². The Labute approximate surface area is 170 Å². The van der Waals surface area contributed by atoms with Gasteiger partial charge in [-0.15, -0.1) is 0 Å². The van der Waals surface area contributed by atoms with Crippen molar-refractivity contribution in [2.75, 3.05) is 26.2 Å². The number of carbonyl (C=O) groups is 1. The number of hydrogen-bond donors (Lipinski definition) is 0. The van der Waals surface area contributed by atoms with Gasteiger partial charge in [-0.25, -0.2) is 0 Å². The SMILES string of the molecule is Cc1cc(CN2CCN(C(=O)c3ccc(COc4ccccc4)cc3)CC2)on1. The first-order valence-electron chi connectivity index (χ1n) is 9.88. The molecule has 1 amide bonds. The number of nitrogens with zero attached hydrogens (tertiary/aromatic N) is 3. The summed E-state index contributed by atoms with van der Waals surface area (Å²) in [6.45, 7) is 6.22. The van der Waals surface area contributed by atoms with E-state index in [0.29, 0.717) is 25.3 Å². The fourth-order valence-electron chi connectivity index (χ4n) is 3.43. The van der Waals surface area contributed by atoms with Gasteiger partial charge in [-0.05, 0) is 36.8 Å². The van der Waals surface area contributed by atoms with Crippen molar-refractivity contribution >= 4 is 5.91 Å². The third-order valence-corrected chi connectivity index (χ3v) is 5.07. The number of aryl methyl sites for hydroxylation is 1. The molecule has 2 heterocycles. The van der Waals surface area contributed by atoms with Crippen LogP contribution in [0.25, 0.3) is 0 Å². The lowest BCUT2D eigenvalue weighted by Gasteiger charge is -2.34. The van der Waals surface area contributed by atoms with E-state index in [0.717, 1.165) is 42.4 Å². The van der Waals surface area contributed by atoms with Crippen molar-refractivity contribution in [3.63, 3.8) is 0 Å². The maximum atomic E-state index is 12.8. The predicted molar refractivity (Wildman–Crippen MR) is 110 cm³/mol. The molecule has 0 bridgehead atoms. The lowest BCUT2D eigenvalue weighted by molar-refractivity contribution is 0.0617. The fourth-order valence-corrected chi connectivity index (χ4v) is 3.43. The molecule has 1 aliphatic rings. The Morgan fingerprint density at radius 2 is 1.76 bits per heavy atom. The molecule has 1 aromatic heterocycles. The van der Waals surface area contributed by atoms with Crippen LogP contribution >= 0.6 is 0 Å². The Bertz CT molecular complexity index is 930. The van der Waals surface area contributed by atoms with Gasteiger partial charge in [-0.2, -0.15) is 0 Å². The first kappa shape index (κ1) is 19.2. The summed E-state index contributed by atoms with van der Waals surface area (Å²) >= 11 is 0. The largest absolute Gasteiger partial charge is 0.489 e. The van der Waals surface area contributed by atoms with Gasteiger partial charge in [-0.3, -0.25) is 9.69 Å². The minimum atomic E-state index is 0.0793. The number of piperazine rings is 1. The summed E-state index contributed by atoms with van der Waals surface area (Å²) < 4.78 is 11.0. The maximum Gasteiger partial charge on any atom is 0.253 e. The number of hydrogen-bond acceptors (Lipinski definition) is 5. The van der Waals surface area contributed by atoms with Crippen LogP contribution in [0.3, 0.4) is 0 Å². The lowest BCUT2D eigenvalue weighted by Crippen LogP contribution is -2.48. The van der Waals surface area contributed by atoms with E-state index >= 15 is 0 Å². The molecule has 29 heavy (non-hydrogen) atoms. The average molecular weight is 391 g/mol. The molecule has 1 fully saturated rings. The Balaban J connectivity index is 1.27. The fraction of sp³-hybridized carbons (Fsp3) is 0.304. The molecule has 1 aliphatic heterocycles. The Morgan fingerprint density at radius 3 is 2.41 bits per heavy atom. The summed E-state index contributed by atoms with van der Waals surface area (Å²) in [5.41, 5.74) is 2.65. The second-order valence-electron chi connectivity index (χ2n) is 7.30. The van der Waals surface area contributed by atoms with Crippen molar-refractivity contribution in [2.45, 2.75) is 20.1 Å². The molecule has 0 spiro atoms. The van der Waals surface area contributed by atoms with E-state index in [9.17, 15) is 4.79 Å². The second-order valence-corrected chi connectivity index (χ2v) is 7.30. The summed E-state index contributed by atoms with van der Waals surface area (Å²) in [5, 5.41) is 3.93.